The summed E-state index contributed by atoms with van der Waals surface area (Å²) in [6, 6.07) is 8.60. The second-order valence-electron chi connectivity index (χ2n) is 4.76. The SMILES string of the molecule is O=c1c2ccsc2ncn1C[C@H](O)COc1ccc(Cl)cc1. The number of aromatic nitrogens is 2. The first kappa shape index (κ1) is 15.0. The van der Waals surface area contributed by atoms with Crippen LogP contribution < -0.4 is 10.3 Å². The topological polar surface area (TPSA) is 64.4 Å². The molecule has 5 nitrogen and oxygen atoms in total. The number of benzene rings is 1. The molecule has 22 heavy (non-hydrogen) atoms. The summed E-state index contributed by atoms with van der Waals surface area (Å²) >= 11 is 7.20. The minimum Gasteiger partial charge on any atom is -0.491 e. The molecular weight excluding hydrogens is 324 g/mol. The standard InChI is InChI=1S/C15H13ClN2O3S/c16-10-1-3-12(4-2-10)21-8-11(19)7-18-9-17-14-13(15(18)20)5-6-22-14/h1-6,9,11,19H,7-8H2/t11-/m0/s1. The first-order chi connectivity index (χ1) is 10.6. The summed E-state index contributed by atoms with van der Waals surface area (Å²) in [5, 5.41) is 13.0. The van der Waals surface area contributed by atoms with E-state index in [1.807, 2.05) is 5.38 Å². The van der Waals surface area contributed by atoms with Gasteiger partial charge in [0.1, 0.15) is 23.3 Å². The Bertz CT molecular complexity index is 829. The fourth-order valence-electron chi connectivity index (χ4n) is 2.03. The van der Waals surface area contributed by atoms with Crippen molar-refractivity contribution < 1.29 is 9.84 Å². The molecule has 0 saturated heterocycles. The molecule has 0 radical (unpaired) electrons. The molecule has 2 aromatic heterocycles. The van der Waals surface area contributed by atoms with Crippen molar-refractivity contribution in [2.75, 3.05) is 6.61 Å². The number of thiophene rings is 1. The van der Waals surface area contributed by atoms with Crippen LogP contribution in [-0.2, 0) is 6.54 Å². The van der Waals surface area contributed by atoms with Gasteiger partial charge in [-0.25, -0.2) is 4.98 Å². The summed E-state index contributed by atoms with van der Waals surface area (Å²) in [5.74, 6) is 0.613. The van der Waals surface area contributed by atoms with Crippen molar-refractivity contribution in [3.8, 4) is 5.75 Å². The average molecular weight is 337 g/mol. The molecule has 0 unspecified atom stereocenters. The Morgan fingerprint density at radius 2 is 2.09 bits per heavy atom. The van der Waals surface area contributed by atoms with Crippen molar-refractivity contribution in [2.45, 2.75) is 12.6 Å². The largest absolute Gasteiger partial charge is 0.491 e. The molecule has 0 spiro atoms. The third kappa shape index (κ3) is 3.30. The maximum Gasteiger partial charge on any atom is 0.262 e. The average Bonchev–Trinajstić information content (AvgIpc) is 2.99. The van der Waals surface area contributed by atoms with E-state index in [0.29, 0.717) is 21.0 Å². The molecule has 3 rings (SSSR count). The van der Waals surface area contributed by atoms with Crippen LogP contribution >= 0.6 is 22.9 Å². The zero-order valence-corrected chi connectivity index (χ0v) is 13.0. The number of aliphatic hydroxyl groups excluding tert-OH is 1. The van der Waals surface area contributed by atoms with Gasteiger partial charge in [0.25, 0.3) is 5.56 Å². The van der Waals surface area contributed by atoms with E-state index >= 15 is 0 Å². The fraction of sp³-hybridized carbons (Fsp3) is 0.200. The van der Waals surface area contributed by atoms with Gasteiger partial charge in [0.15, 0.2) is 0 Å². The molecule has 0 amide bonds. The molecule has 2 heterocycles. The van der Waals surface area contributed by atoms with Crippen molar-refractivity contribution in [2.24, 2.45) is 0 Å². The lowest BCUT2D eigenvalue weighted by atomic mass is 10.3. The highest BCUT2D eigenvalue weighted by molar-refractivity contribution is 7.16. The van der Waals surface area contributed by atoms with E-state index in [-0.39, 0.29) is 18.7 Å². The van der Waals surface area contributed by atoms with E-state index in [9.17, 15) is 9.90 Å². The number of nitrogens with zero attached hydrogens (tertiary/aromatic N) is 2. The van der Waals surface area contributed by atoms with Crippen LogP contribution in [0.2, 0.25) is 5.02 Å². The highest BCUT2D eigenvalue weighted by Gasteiger charge is 2.10. The van der Waals surface area contributed by atoms with Crippen molar-refractivity contribution in [3.05, 3.63) is 57.4 Å². The van der Waals surface area contributed by atoms with Crippen molar-refractivity contribution >= 4 is 33.2 Å². The van der Waals surface area contributed by atoms with E-state index < -0.39 is 6.10 Å². The lowest BCUT2D eigenvalue weighted by Gasteiger charge is -2.13. The quantitative estimate of drug-likeness (QED) is 0.777. The van der Waals surface area contributed by atoms with Gasteiger partial charge in [0.05, 0.1) is 18.3 Å². The van der Waals surface area contributed by atoms with Gasteiger partial charge in [0, 0.05) is 5.02 Å². The molecule has 0 aliphatic heterocycles. The predicted molar refractivity (Wildman–Crippen MR) is 86.8 cm³/mol. The van der Waals surface area contributed by atoms with E-state index in [4.69, 9.17) is 16.3 Å². The van der Waals surface area contributed by atoms with Gasteiger partial charge in [-0.15, -0.1) is 11.3 Å². The maximum absolute atomic E-state index is 12.2. The number of hydrogen-bond acceptors (Lipinski definition) is 5. The van der Waals surface area contributed by atoms with Crippen LogP contribution in [0.4, 0.5) is 0 Å². The van der Waals surface area contributed by atoms with Crippen LogP contribution in [0.1, 0.15) is 0 Å². The van der Waals surface area contributed by atoms with Crippen molar-refractivity contribution in [1.82, 2.24) is 9.55 Å². The zero-order valence-electron chi connectivity index (χ0n) is 11.5. The fourth-order valence-corrected chi connectivity index (χ4v) is 2.88. The van der Waals surface area contributed by atoms with Gasteiger partial charge in [-0.2, -0.15) is 0 Å². The molecule has 7 heteroatoms. The van der Waals surface area contributed by atoms with Gasteiger partial charge in [-0.05, 0) is 35.7 Å². The van der Waals surface area contributed by atoms with E-state index in [1.54, 1.807) is 30.3 Å². The van der Waals surface area contributed by atoms with Crippen LogP contribution in [-0.4, -0.2) is 27.4 Å². The molecule has 1 N–H and O–H groups in total. The first-order valence-corrected chi connectivity index (χ1v) is 7.88. The Balaban J connectivity index is 1.65. The van der Waals surface area contributed by atoms with Crippen LogP contribution in [0.25, 0.3) is 10.2 Å². The Morgan fingerprint density at radius 1 is 1.32 bits per heavy atom. The Labute approximate surface area is 135 Å². The third-order valence-corrected chi connectivity index (χ3v) is 4.19. The van der Waals surface area contributed by atoms with Crippen molar-refractivity contribution in [3.63, 3.8) is 0 Å². The Hall–Kier alpha value is -1.89. The molecule has 3 aromatic rings. The molecule has 0 bridgehead atoms. The number of halogens is 1. The number of ether oxygens (including phenoxy) is 1. The van der Waals surface area contributed by atoms with Crippen LogP contribution in [0.15, 0.2) is 46.8 Å². The minimum absolute atomic E-state index is 0.0791. The van der Waals surface area contributed by atoms with E-state index in [2.05, 4.69) is 4.98 Å². The lowest BCUT2D eigenvalue weighted by Crippen LogP contribution is -2.30. The molecule has 1 atom stereocenters. The molecule has 0 aliphatic carbocycles. The number of aliphatic hydroxyl groups is 1. The number of hydrogen-bond donors (Lipinski definition) is 1. The summed E-state index contributed by atoms with van der Waals surface area (Å²) in [5.41, 5.74) is -0.156. The highest BCUT2D eigenvalue weighted by atomic mass is 35.5. The predicted octanol–water partition coefficient (Wildman–Crippen LogP) is 2.55. The number of fused-ring (bicyclic) bond motifs is 1. The van der Waals surface area contributed by atoms with Crippen LogP contribution in [0.3, 0.4) is 0 Å². The molecule has 0 fully saturated rings. The summed E-state index contributed by atoms with van der Waals surface area (Å²) in [4.78, 5) is 17.1. The van der Waals surface area contributed by atoms with Gasteiger partial charge in [-0.1, -0.05) is 11.6 Å². The third-order valence-electron chi connectivity index (χ3n) is 3.11. The molecule has 1 aromatic carbocycles. The van der Waals surface area contributed by atoms with Gasteiger partial charge >= 0.3 is 0 Å². The summed E-state index contributed by atoms with van der Waals surface area (Å²) in [6.45, 7) is 0.209. The molecule has 0 saturated carbocycles. The molecule has 114 valence electrons. The Kier molecular flexibility index (Phi) is 4.42. The zero-order chi connectivity index (χ0) is 15.5. The second-order valence-corrected chi connectivity index (χ2v) is 6.09. The van der Waals surface area contributed by atoms with Crippen LogP contribution in [0.5, 0.6) is 5.75 Å². The van der Waals surface area contributed by atoms with E-state index in [1.165, 1.54) is 22.2 Å². The Morgan fingerprint density at radius 3 is 2.86 bits per heavy atom. The van der Waals surface area contributed by atoms with E-state index in [0.717, 1.165) is 0 Å². The normalized spacial score (nSPS) is 12.5. The first-order valence-electron chi connectivity index (χ1n) is 6.62. The van der Waals surface area contributed by atoms with Crippen molar-refractivity contribution in [1.29, 1.82) is 0 Å². The van der Waals surface area contributed by atoms with Crippen LogP contribution in [0, 0.1) is 0 Å². The minimum atomic E-state index is -0.814. The second kappa shape index (κ2) is 6.48. The summed E-state index contributed by atoms with van der Waals surface area (Å²) < 4.78 is 6.86. The summed E-state index contributed by atoms with van der Waals surface area (Å²) in [6.07, 6.45) is 0.637. The van der Waals surface area contributed by atoms with Gasteiger partial charge in [-0.3, -0.25) is 9.36 Å². The highest BCUT2D eigenvalue weighted by Crippen LogP contribution is 2.16. The monoisotopic (exact) mass is 336 g/mol. The maximum atomic E-state index is 12.2. The molecular formula is C15H13ClN2O3S. The molecule has 0 aliphatic rings. The smallest absolute Gasteiger partial charge is 0.262 e. The van der Waals surface area contributed by atoms with Gasteiger partial charge < -0.3 is 9.84 Å². The number of rotatable bonds is 5. The lowest BCUT2D eigenvalue weighted by molar-refractivity contribution is 0.0915. The van der Waals surface area contributed by atoms with Gasteiger partial charge in [0.2, 0.25) is 0 Å². The summed E-state index contributed by atoms with van der Waals surface area (Å²) in [7, 11) is 0.